The van der Waals surface area contributed by atoms with Gasteiger partial charge in [-0.3, -0.25) is 4.90 Å². The highest BCUT2D eigenvalue weighted by atomic mass is 19.3. The van der Waals surface area contributed by atoms with Crippen molar-refractivity contribution in [2.75, 3.05) is 19.6 Å². The summed E-state index contributed by atoms with van der Waals surface area (Å²) in [6.45, 7) is 4.31. The maximum atomic E-state index is 14.4. The third kappa shape index (κ3) is 4.31. The fourth-order valence-corrected chi connectivity index (χ4v) is 3.46. The topological polar surface area (TPSA) is 59.1 Å². The first-order chi connectivity index (χ1) is 12.6. The average molecular weight is 382 g/mol. The normalized spacial score (nSPS) is 23.9. The van der Waals surface area contributed by atoms with Crippen LogP contribution < -0.4 is 0 Å². The molecule has 2 aliphatic rings. The summed E-state index contributed by atoms with van der Waals surface area (Å²) in [7, 11) is 0. The van der Waals surface area contributed by atoms with Crippen LogP contribution in [-0.2, 0) is 16.1 Å². The highest BCUT2D eigenvalue weighted by Gasteiger charge is 2.60. The van der Waals surface area contributed by atoms with Gasteiger partial charge in [-0.1, -0.05) is 30.3 Å². The van der Waals surface area contributed by atoms with Gasteiger partial charge in [-0.15, -0.1) is 0 Å². The lowest BCUT2D eigenvalue weighted by Crippen LogP contribution is -2.43. The van der Waals surface area contributed by atoms with Crippen molar-refractivity contribution in [1.82, 2.24) is 9.80 Å². The van der Waals surface area contributed by atoms with Gasteiger partial charge >= 0.3 is 12.2 Å². The van der Waals surface area contributed by atoms with E-state index in [0.29, 0.717) is 0 Å². The first-order valence-corrected chi connectivity index (χ1v) is 8.90. The second-order valence-corrected chi connectivity index (χ2v) is 7.99. The Bertz CT molecular complexity index is 705. The fourth-order valence-electron chi connectivity index (χ4n) is 3.46. The number of hydrogen-bond donors (Lipinski definition) is 0. The van der Waals surface area contributed by atoms with Crippen LogP contribution in [0.3, 0.4) is 0 Å². The monoisotopic (exact) mass is 382 g/mol. The molecule has 1 aromatic carbocycles. The summed E-state index contributed by atoms with van der Waals surface area (Å²) in [4.78, 5) is 26.9. The van der Waals surface area contributed by atoms with Crippen molar-refractivity contribution < 1.29 is 27.8 Å². The second-order valence-electron chi connectivity index (χ2n) is 7.99. The van der Waals surface area contributed by atoms with Gasteiger partial charge < -0.3 is 14.4 Å². The molecule has 0 radical (unpaired) electrons. The second kappa shape index (κ2) is 6.98. The summed E-state index contributed by atoms with van der Waals surface area (Å²) in [6, 6.07) is 8.23. The number of amides is 2. The smallest absolute Gasteiger partial charge is 0.410 e. The van der Waals surface area contributed by atoms with E-state index in [1.54, 1.807) is 45.0 Å². The predicted octanol–water partition coefficient (Wildman–Crippen LogP) is 3.51. The van der Waals surface area contributed by atoms with Crippen molar-refractivity contribution in [1.29, 1.82) is 0 Å². The van der Waals surface area contributed by atoms with E-state index in [2.05, 4.69) is 0 Å². The zero-order valence-electron chi connectivity index (χ0n) is 15.7. The van der Waals surface area contributed by atoms with E-state index >= 15 is 0 Å². The molecular formula is C19H24F2N2O4. The molecule has 2 fully saturated rings. The lowest BCUT2D eigenvalue weighted by molar-refractivity contribution is -0.0321. The third-order valence-electron chi connectivity index (χ3n) is 4.70. The maximum absolute atomic E-state index is 14.4. The van der Waals surface area contributed by atoms with Crippen LogP contribution in [0.4, 0.5) is 18.4 Å². The van der Waals surface area contributed by atoms with Crippen molar-refractivity contribution in [2.45, 2.75) is 44.9 Å². The van der Waals surface area contributed by atoms with E-state index < -0.39 is 42.2 Å². The van der Waals surface area contributed by atoms with E-state index in [1.165, 1.54) is 4.90 Å². The van der Waals surface area contributed by atoms with Gasteiger partial charge in [0.05, 0.1) is 18.5 Å². The van der Waals surface area contributed by atoms with Crippen LogP contribution in [0.5, 0.6) is 0 Å². The molecule has 0 spiro atoms. The Morgan fingerprint density at radius 3 is 2.44 bits per heavy atom. The van der Waals surface area contributed by atoms with Crippen molar-refractivity contribution >= 4 is 12.2 Å². The third-order valence-corrected chi connectivity index (χ3v) is 4.70. The SMILES string of the molecule is CC(C)(C)OC(=O)N1C[C@@H]2[C@H](C1)N(C(=O)OCc1ccccc1)CC2(F)F. The van der Waals surface area contributed by atoms with Crippen molar-refractivity contribution in [3.8, 4) is 0 Å². The quantitative estimate of drug-likeness (QED) is 0.785. The number of hydrogen-bond acceptors (Lipinski definition) is 4. The van der Waals surface area contributed by atoms with Crippen molar-refractivity contribution in [2.24, 2.45) is 5.92 Å². The lowest BCUT2D eigenvalue weighted by Gasteiger charge is -2.27. The Hall–Kier alpha value is -2.38. The summed E-state index contributed by atoms with van der Waals surface area (Å²) < 4.78 is 39.3. The van der Waals surface area contributed by atoms with Crippen LogP contribution in [0.2, 0.25) is 0 Å². The molecule has 8 heteroatoms. The van der Waals surface area contributed by atoms with Gasteiger partial charge in [0.1, 0.15) is 12.2 Å². The molecule has 2 atom stereocenters. The number of likely N-dealkylation sites (tertiary alicyclic amines) is 2. The number of nitrogens with zero attached hydrogens (tertiary/aromatic N) is 2. The molecule has 148 valence electrons. The standard InChI is InChI=1S/C19H24F2N2O4/c1-18(2,3)27-16(24)22-9-14-15(10-22)23(12-19(14,20)21)17(25)26-11-13-7-5-4-6-8-13/h4-8,14-15H,9-12H2,1-3H3/t14-,15+/m1/s1. The molecule has 3 rings (SSSR count). The minimum absolute atomic E-state index is 0.00884. The van der Waals surface area contributed by atoms with Crippen molar-refractivity contribution in [3.05, 3.63) is 35.9 Å². The van der Waals surface area contributed by atoms with E-state index in [0.717, 1.165) is 10.5 Å². The number of carbonyl (C=O) groups excluding carboxylic acids is 2. The van der Waals surface area contributed by atoms with Crippen LogP contribution in [0.1, 0.15) is 26.3 Å². The predicted molar refractivity (Wildman–Crippen MR) is 93.4 cm³/mol. The fraction of sp³-hybridized carbons (Fsp3) is 0.579. The first kappa shape index (κ1) is 19.4. The number of benzene rings is 1. The molecule has 0 aliphatic carbocycles. The Morgan fingerprint density at radius 1 is 1.15 bits per heavy atom. The minimum Gasteiger partial charge on any atom is -0.445 e. The molecule has 0 bridgehead atoms. The van der Waals surface area contributed by atoms with E-state index in [9.17, 15) is 18.4 Å². The van der Waals surface area contributed by atoms with Gasteiger partial charge in [0.25, 0.3) is 5.92 Å². The van der Waals surface area contributed by atoms with Gasteiger partial charge in [-0.25, -0.2) is 18.4 Å². The molecule has 0 unspecified atom stereocenters. The molecule has 2 heterocycles. The Kier molecular flexibility index (Phi) is 5.01. The number of rotatable bonds is 2. The highest BCUT2D eigenvalue weighted by molar-refractivity contribution is 5.71. The largest absolute Gasteiger partial charge is 0.445 e. The minimum atomic E-state index is -3.08. The van der Waals surface area contributed by atoms with Crippen LogP contribution in [-0.4, -0.2) is 59.2 Å². The molecule has 2 saturated heterocycles. The van der Waals surface area contributed by atoms with Gasteiger partial charge in [-0.2, -0.15) is 0 Å². The zero-order valence-corrected chi connectivity index (χ0v) is 15.7. The Labute approximate surface area is 157 Å². The molecule has 0 N–H and O–H groups in total. The van der Waals surface area contributed by atoms with Gasteiger partial charge in [0.15, 0.2) is 0 Å². The highest BCUT2D eigenvalue weighted by Crippen LogP contribution is 2.42. The van der Waals surface area contributed by atoms with Gasteiger partial charge in [0, 0.05) is 13.1 Å². The molecule has 0 saturated carbocycles. The molecule has 2 amide bonds. The summed E-state index contributed by atoms with van der Waals surface area (Å²) in [5.41, 5.74) is 0.0566. The van der Waals surface area contributed by atoms with E-state index in [1.807, 2.05) is 6.07 Å². The zero-order chi connectivity index (χ0) is 19.8. The lowest BCUT2D eigenvalue weighted by atomic mass is 10.0. The number of carbonyl (C=O) groups is 2. The Morgan fingerprint density at radius 2 is 1.81 bits per heavy atom. The van der Waals surface area contributed by atoms with Crippen LogP contribution in [0.25, 0.3) is 0 Å². The molecule has 27 heavy (non-hydrogen) atoms. The summed E-state index contributed by atoms with van der Waals surface area (Å²) in [5.74, 6) is -4.19. The first-order valence-electron chi connectivity index (χ1n) is 8.90. The molecule has 6 nitrogen and oxygen atoms in total. The molecular weight excluding hydrogens is 358 g/mol. The number of ether oxygens (including phenoxy) is 2. The number of alkyl halides is 2. The van der Waals surface area contributed by atoms with E-state index in [-0.39, 0.29) is 19.7 Å². The number of fused-ring (bicyclic) bond motifs is 1. The average Bonchev–Trinajstić information content (AvgIpc) is 3.12. The van der Waals surface area contributed by atoms with Crippen LogP contribution in [0.15, 0.2) is 30.3 Å². The molecule has 0 aromatic heterocycles. The molecule has 1 aromatic rings. The summed E-state index contributed by atoms with van der Waals surface area (Å²) >= 11 is 0. The van der Waals surface area contributed by atoms with Crippen molar-refractivity contribution in [3.63, 3.8) is 0 Å². The summed E-state index contributed by atoms with van der Waals surface area (Å²) in [5, 5.41) is 0. The van der Waals surface area contributed by atoms with Gasteiger partial charge in [-0.05, 0) is 26.3 Å². The number of halogens is 2. The van der Waals surface area contributed by atoms with E-state index in [4.69, 9.17) is 9.47 Å². The maximum Gasteiger partial charge on any atom is 0.410 e. The Balaban J connectivity index is 1.65. The summed E-state index contributed by atoms with van der Waals surface area (Å²) in [6.07, 6.45) is -1.44. The van der Waals surface area contributed by atoms with Crippen LogP contribution in [0, 0.1) is 5.92 Å². The van der Waals surface area contributed by atoms with Gasteiger partial charge in [0.2, 0.25) is 0 Å². The van der Waals surface area contributed by atoms with Crippen LogP contribution >= 0.6 is 0 Å². The molecule has 2 aliphatic heterocycles.